The van der Waals surface area contributed by atoms with Crippen molar-refractivity contribution in [2.45, 2.75) is 31.5 Å². The van der Waals surface area contributed by atoms with Gasteiger partial charge in [0.25, 0.3) is 0 Å². The summed E-state index contributed by atoms with van der Waals surface area (Å²) in [5.74, 6) is 0. The zero-order valence-electron chi connectivity index (χ0n) is 7.81. The van der Waals surface area contributed by atoms with Gasteiger partial charge in [-0.15, -0.1) is 0 Å². The maximum atomic E-state index is 11.7. The minimum Gasteiger partial charge on any atom is -0.497 e. The van der Waals surface area contributed by atoms with E-state index in [0.29, 0.717) is 6.54 Å². The highest BCUT2D eigenvalue weighted by molar-refractivity contribution is 4.82. The number of allylic oxidation sites excluding steroid dienone is 1. The predicted octanol–water partition coefficient (Wildman–Crippen LogP) is 2.22. The molecule has 82 valence electrons. The SMILES string of the molecule is FC(F)(F)CCNCC1CCC=CO1. The fraction of sp³-hybridized carbons (Fsp3) is 0.778. The van der Waals surface area contributed by atoms with Crippen molar-refractivity contribution in [3.63, 3.8) is 0 Å². The lowest BCUT2D eigenvalue weighted by Gasteiger charge is -2.19. The summed E-state index contributed by atoms with van der Waals surface area (Å²) < 4.78 is 40.4. The minimum absolute atomic E-state index is 0.0215. The molecule has 0 fully saturated rings. The Hall–Kier alpha value is -0.710. The fourth-order valence-electron chi connectivity index (χ4n) is 1.23. The van der Waals surface area contributed by atoms with E-state index in [-0.39, 0.29) is 12.6 Å². The Labute approximate surface area is 81.1 Å². The molecule has 2 nitrogen and oxygen atoms in total. The molecule has 0 radical (unpaired) electrons. The lowest BCUT2D eigenvalue weighted by Crippen LogP contribution is -2.31. The van der Waals surface area contributed by atoms with Crippen LogP contribution in [0, 0.1) is 0 Å². The van der Waals surface area contributed by atoms with E-state index in [1.807, 2.05) is 6.08 Å². The van der Waals surface area contributed by atoms with E-state index in [1.165, 1.54) is 0 Å². The van der Waals surface area contributed by atoms with Crippen molar-refractivity contribution in [1.82, 2.24) is 5.32 Å². The molecule has 0 aromatic rings. The van der Waals surface area contributed by atoms with Crippen molar-refractivity contribution < 1.29 is 17.9 Å². The summed E-state index contributed by atoms with van der Waals surface area (Å²) in [6, 6.07) is 0. The van der Waals surface area contributed by atoms with Crippen LogP contribution < -0.4 is 5.32 Å². The number of rotatable bonds is 4. The first kappa shape index (κ1) is 11.4. The number of hydrogen-bond acceptors (Lipinski definition) is 2. The number of nitrogens with one attached hydrogen (secondary N) is 1. The Morgan fingerprint density at radius 1 is 1.43 bits per heavy atom. The first-order valence-corrected chi connectivity index (χ1v) is 4.66. The Morgan fingerprint density at radius 3 is 2.79 bits per heavy atom. The lowest BCUT2D eigenvalue weighted by molar-refractivity contribution is -0.133. The summed E-state index contributed by atoms with van der Waals surface area (Å²) in [6.07, 6.45) is 0.497. The fourth-order valence-corrected chi connectivity index (χ4v) is 1.23. The largest absolute Gasteiger partial charge is 0.497 e. The highest BCUT2D eigenvalue weighted by atomic mass is 19.4. The van der Waals surface area contributed by atoms with Crippen LogP contribution in [0.25, 0.3) is 0 Å². The van der Waals surface area contributed by atoms with Crippen LogP contribution in [0.15, 0.2) is 12.3 Å². The van der Waals surface area contributed by atoms with Crippen molar-refractivity contribution in [1.29, 1.82) is 0 Å². The minimum atomic E-state index is -4.07. The summed E-state index contributed by atoms with van der Waals surface area (Å²) in [6.45, 7) is 0.452. The van der Waals surface area contributed by atoms with Crippen LogP contribution in [0.5, 0.6) is 0 Å². The zero-order chi connectivity index (χ0) is 10.4. The second kappa shape index (κ2) is 5.24. The van der Waals surface area contributed by atoms with Gasteiger partial charge < -0.3 is 10.1 Å². The van der Waals surface area contributed by atoms with Crippen LogP contribution in [-0.4, -0.2) is 25.4 Å². The zero-order valence-corrected chi connectivity index (χ0v) is 7.81. The highest BCUT2D eigenvalue weighted by Gasteiger charge is 2.26. The van der Waals surface area contributed by atoms with Gasteiger partial charge in [0.2, 0.25) is 0 Å². The molecule has 0 aromatic heterocycles. The van der Waals surface area contributed by atoms with Crippen molar-refractivity contribution in [2.75, 3.05) is 13.1 Å². The maximum Gasteiger partial charge on any atom is 0.390 e. The number of hydrogen-bond donors (Lipinski definition) is 1. The quantitative estimate of drug-likeness (QED) is 0.717. The molecule has 0 bridgehead atoms. The first-order chi connectivity index (χ1) is 6.58. The Bertz CT molecular complexity index is 191. The molecule has 1 heterocycles. The second-order valence-electron chi connectivity index (χ2n) is 3.28. The normalized spacial score (nSPS) is 22.1. The predicted molar refractivity (Wildman–Crippen MR) is 46.8 cm³/mol. The number of halogens is 3. The Morgan fingerprint density at radius 2 is 2.21 bits per heavy atom. The summed E-state index contributed by atoms with van der Waals surface area (Å²) in [5.41, 5.74) is 0. The highest BCUT2D eigenvalue weighted by Crippen LogP contribution is 2.18. The van der Waals surface area contributed by atoms with Gasteiger partial charge in [-0.3, -0.25) is 0 Å². The van der Waals surface area contributed by atoms with Crippen LogP contribution >= 0.6 is 0 Å². The average Bonchev–Trinajstić information content (AvgIpc) is 2.13. The van der Waals surface area contributed by atoms with E-state index in [4.69, 9.17) is 4.74 Å². The van der Waals surface area contributed by atoms with Gasteiger partial charge in [0.1, 0.15) is 6.10 Å². The number of alkyl halides is 3. The van der Waals surface area contributed by atoms with Gasteiger partial charge >= 0.3 is 6.18 Å². The van der Waals surface area contributed by atoms with Crippen LogP contribution in [-0.2, 0) is 4.74 Å². The second-order valence-corrected chi connectivity index (χ2v) is 3.28. The number of ether oxygens (including phenoxy) is 1. The third-order valence-electron chi connectivity index (χ3n) is 1.98. The van der Waals surface area contributed by atoms with Crippen molar-refractivity contribution in [2.24, 2.45) is 0 Å². The monoisotopic (exact) mass is 209 g/mol. The van der Waals surface area contributed by atoms with E-state index in [2.05, 4.69) is 5.32 Å². The third-order valence-corrected chi connectivity index (χ3v) is 1.98. The third kappa shape index (κ3) is 5.11. The Balaban J connectivity index is 2.01. The van der Waals surface area contributed by atoms with E-state index in [9.17, 15) is 13.2 Å². The molecule has 0 amide bonds. The Kier molecular flexibility index (Phi) is 4.25. The van der Waals surface area contributed by atoms with Crippen molar-refractivity contribution >= 4 is 0 Å². The molecule has 0 saturated carbocycles. The van der Waals surface area contributed by atoms with E-state index in [0.717, 1.165) is 12.8 Å². The molecule has 1 atom stereocenters. The van der Waals surface area contributed by atoms with Gasteiger partial charge in [0.15, 0.2) is 0 Å². The van der Waals surface area contributed by atoms with Gasteiger partial charge in [-0.2, -0.15) is 13.2 Å². The molecule has 1 rings (SSSR count). The van der Waals surface area contributed by atoms with Crippen LogP contribution in [0.2, 0.25) is 0 Å². The molecule has 0 spiro atoms. The van der Waals surface area contributed by atoms with E-state index < -0.39 is 12.6 Å². The van der Waals surface area contributed by atoms with Crippen molar-refractivity contribution in [3.05, 3.63) is 12.3 Å². The molecule has 0 saturated heterocycles. The van der Waals surface area contributed by atoms with E-state index in [1.54, 1.807) is 6.26 Å². The van der Waals surface area contributed by atoms with Gasteiger partial charge in [-0.05, 0) is 18.9 Å². The molecule has 1 unspecified atom stereocenters. The molecule has 1 aliphatic heterocycles. The molecular formula is C9H14F3NO. The van der Waals surface area contributed by atoms with Crippen LogP contribution in [0.4, 0.5) is 13.2 Å². The topological polar surface area (TPSA) is 21.3 Å². The summed E-state index contributed by atoms with van der Waals surface area (Å²) in [5, 5.41) is 2.73. The van der Waals surface area contributed by atoms with Crippen LogP contribution in [0.3, 0.4) is 0 Å². The molecular weight excluding hydrogens is 195 g/mol. The smallest absolute Gasteiger partial charge is 0.390 e. The maximum absolute atomic E-state index is 11.7. The molecule has 5 heteroatoms. The van der Waals surface area contributed by atoms with Gasteiger partial charge in [0.05, 0.1) is 12.7 Å². The van der Waals surface area contributed by atoms with Gasteiger partial charge in [0, 0.05) is 13.1 Å². The molecule has 1 aliphatic rings. The molecule has 1 N–H and O–H groups in total. The van der Waals surface area contributed by atoms with E-state index >= 15 is 0 Å². The first-order valence-electron chi connectivity index (χ1n) is 4.66. The average molecular weight is 209 g/mol. The summed E-state index contributed by atoms with van der Waals surface area (Å²) in [4.78, 5) is 0. The lowest BCUT2D eigenvalue weighted by atomic mass is 10.1. The van der Waals surface area contributed by atoms with Crippen LogP contribution in [0.1, 0.15) is 19.3 Å². The van der Waals surface area contributed by atoms with Gasteiger partial charge in [-0.25, -0.2) is 0 Å². The standard InChI is InChI=1S/C9H14F3NO/c10-9(11,12)4-5-13-7-8-3-1-2-6-14-8/h2,6,8,13H,1,3-5,7H2. The summed E-state index contributed by atoms with van der Waals surface area (Å²) in [7, 11) is 0. The molecule has 14 heavy (non-hydrogen) atoms. The van der Waals surface area contributed by atoms with Gasteiger partial charge in [-0.1, -0.05) is 0 Å². The molecule has 0 aromatic carbocycles. The van der Waals surface area contributed by atoms with Crippen molar-refractivity contribution in [3.8, 4) is 0 Å². The summed E-state index contributed by atoms with van der Waals surface area (Å²) >= 11 is 0. The molecule has 0 aliphatic carbocycles.